The second-order valence-electron chi connectivity index (χ2n) is 6.26. The van der Waals surface area contributed by atoms with E-state index >= 15 is 0 Å². The molecule has 24 heavy (non-hydrogen) atoms. The van der Waals surface area contributed by atoms with Crippen LogP contribution in [0, 0.1) is 17.7 Å². The van der Waals surface area contributed by atoms with Crippen molar-refractivity contribution in [3.63, 3.8) is 0 Å². The Balaban J connectivity index is 2.06. The highest BCUT2D eigenvalue weighted by atomic mass is 19.4. The van der Waals surface area contributed by atoms with Crippen molar-refractivity contribution in [3.05, 3.63) is 35.6 Å². The number of halogens is 4. The number of fused-ring (bicyclic) bond motifs is 1. The number of rotatable bonds is 1. The van der Waals surface area contributed by atoms with Crippen molar-refractivity contribution in [1.82, 2.24) is 5.01 Å². The minimum Gasteiger partial charge on any atom is -0.362 e. The van der Waals surface area contributed by atoms with Gasteiger partial charge in [0, 0.05) is 11.3 Å². The molecule has 0 spiro atoms. The highest BCUT2D eigenvalue weighted by molar-refractivity contribution is 6.00. The zero-order chi connectivity index (χ0) is 17.7. The molecule has 3 atom stereocenters. The van der Waals surface area contributed by atoms with E-state index in [0.717, 1.165) is 24.3 Å². The molecule has 1 saturated carbocycles. The van der Waals surface area contributed by atoms with Crippen LogP contribution < -0.4 is 0 Å². The van der Waals surface area contributed by atoms with Gasteiger partial charge >= 0.3 is 6.18 Å². The molecule has 2 aliphatic rings. The van der Waals surface area contributed by atoms with Gasteiger partial charge in [0.15, 0.2) is 0 Å². The lowest BCUT2D eigenvalue weighted by Crippen LogP contribution is -2.61. The fraction of sp³-hybridized carbons (Fsp3) is 0.500. The molecule has 0 unspecified atom stereocenters. The van der Waals surface area contributed by atoms with E-state index in [1.807, 2.05) is 0 Å². The monoisotopic (exact) mass is 344 g/mol. The van der Waals surface area contributed by atoms with E-state index in [1.54, 1.807) is 6.92 Å². The topological polar surface area (TPSA) is 52.9 Å². The smallest absolute Gasteiger partial charge is 0.362 e. The molecule has 4 nitrogen and oxygen atoms in total. The van der Waals surface area contributed by atoms with Crippen molar-refractivity contribution >= 4 is 11.6 Å². The van der Waals surface area contributed by atoms with Gasteiger partial charge in [0.1, 0.15) is 5.82 Å². The molecule has 3 rings (SSSR count). The average molecular weight is 344 g/mol. The number of amides is 1. The summed E-state index contributed by atoms with van der Waals surface area (Å²) in [6.45, 7) is 1.73. The summed E-state index contributed by atoms with van der Waals surface area (Å²) >= 11 is 0. The lowest BCUT2D eigenvalue weighted by molar-refractivity contribution is -0.312. The van der Waals surface area contributed by atoms with E-state index < -0.39 is 29.5 Å². The zero-order valence-corrected chi connectivity index (χ0v) is 12.8. The number of hydrazone groups is 1. The highest BCUT2D eigenvalue weighted by Crippen LogP contribution is 2.49. The molecular weight excluding hydrogens is 328 g/mol. The minimum atomic E-state index is -5.06. The molecule has 0 bridgehead atoms. The van der Waals surface area contributed by atoms with Gasteiger partial charge in [-0.05, 0) is 43.0 Å². The van der Waals surface area contributed by atoms with Gasteiger partial charge in [-0.15, -0.1) is 0 Å². The Kier molecular flexibility index (Phi) is 3.90. The number of benzene rings is 1. The van der Waals surface area contributed by atoms with Crippen LogP contribution in [0.3, 0.4) is 0 Å². The number of aliphatic hydroxyl groups is 1. The van der Waals surface area contributed by atoms with Crippen molar-refractivity contribution < 1.29 is 27.5 Å². The van der Waals surface area contributed by atoms with E-state index in [9.17, 15) is 27.5 Å². The molecule has 0 radical (unpaired) electrons. The van der Waals surface area contributed by atoms with E-state index in [2.05, 4.69) is 5.10 Å². The first-order valence-corrected chi connectivity index (χ1v) is 7.64. The maximum Gasteiger partial charge on any atom is 0.439 e. The quantitative estimate of drug-likeness (QED) is 0.795. The van der Waals surface area contributed by atoms with E-state index in [0.29, 0.717) is 12.8 Å². The van der Waals surface area contributed by atoms with E-state index in [4.69, 9.17) is 0 Å². The van der Waals surface area contributed by atoms with Crippen molar-refractivity contribution in [1.29, 1.82) is 0 Å². The van der Waals surface area contributed by atoms with Gasteiger partial charge in [0.05, 0.1) is 5.92 Å². The van der Waals surface area contributed by atoms with Gasteiger partial charge in [-0.25, -0.2) is 4.39 Å². The minimum absolute atomic E-state index is 0.104. The third kappa shape index (κ3) is 2.40. The van der Waals surface area contributed by atoms with Crippen LogP contribution in [0.4, 0.5) is 17.6 Å². The van der Waals surface area contributed by atoms with Crippen LogP contribution in [0.1, 0.15) is 36.5 Å². The summed E-state index contributed by atoms with van der Waals surface area (Å²) in [4.78, 5) is 12.5. The Morgan fingerprint density at radius 3 is 2.50 bits per heavy atom. The standard InChI is InChI=1S/C16H16F4N2O2/c1-9-3-2-4-12-13(9)21-22(15(12,24)16(18,19)20)14(23)10-5-7-11(17)8-6-10/h5-9,12,24H,2-4H2,1H3/t9-,12-,15+/m1/s1. The SMILES string of the molecule is C[C@@H]1CCC[C@@H]2C1=NN(C(=O)c1ccc(F)cc1)[C@@]2(O)C(F)(F)F. The molecule has 1 heterocycles. The molecule has 1 aromatic carbocycles. The summed E-state index contributed by atoms with van der Waals surface area (Å²) in [6, 6.07) is 4.08. The summed E-state index contributed by atoms with van der Waals surface area (Å²) in [5, 5.41) is 14.5. The third-order valence-corrected chi connectivity index (χ3v) is 4.72. The lowest BCUT2D eigenvalue weighted by atomic mass is 9.75. The van der Waals surface area contributed by atoms with Gasteiger partial charge in [0.2, 0.25) is 0 Å². The first-order valence-electron chi connectivity index (χ1n) is 7.64. The Morgan fingerprint density at radius 1 is 1.29 bits per heavy atom. The molecular formula is C16H16F4N2O2. The van der Waals surface area contributed by atoms with Crippen LogP contribution in [-0.2, 0) is 0 Å². The van der Waals surface area contributed by atoms with Gasteiger partial charge in [-0.3, -0.25) is 4.79 Å². The fourth-order valence-corrected chi connectivity index (χ4v) is 3.42. The highest BCUT2D eigenvalue weighted by Gasteiger charge is 2.69. The Hall–Kier alpha value is -1.96. The van der Waals surface area contributed by atoms with E-state index in [1.165, 1.54) is 0 Å². The number of hydrogen-bond acceptors (Lipinski definition) is 3. The van der Waals surface area contributed by atoms with Crippen LogP contribution in [-0.4, -0.2) is 33.6 Å². The molecule has 0 aromatic heterocycles. The molecule has 1 aliphatic heterocycles. The van der Waals surface area contributed by atoms with Crippen LogP contribution in [0.2, 0.25) is 0 Å². The van der Waals surface area contributed by atoms with Gasteiger partial charge in [0.25, 0.3) is 11.6 Å². The van der Waals surface area contributed by atoms with Crippen molar-refractivity contribution in [2.75, 3.05) is 0 Å². The van der Waals surface area contributed by atoms with Crippen LogP contribution in [0.25, 0.3) is 0 Å². The third-order valence-electron chi connectivity index (χ3n) is 4.72. The van der Waals surface area contributed by atoms with E-state index in [-0.39, 0.29) is 28.6 Å². The van der Waals surface area contributed by atoms with Crippen molar-refractivity contribution in [2.24, 2.45) is 16.9 Å². The normalized spacial score (nSPS) is 30.1. The molecule has 8 heteroatoms. The number of carbonyl (C=O) groups is 1. The summed E-state index contributed by atoms with van der Waals surface area (Å²) in [5.41, 5.74) is -3.35. The van der Waals surface area contributed by atoms with Crippen LogP contribution >= 0.6 is 0 Å². The number of alkyl halides is 3. The van der Waals surface area contributed by atoms with Gasteiger partial charge in [-0.2, -0.15) is 23.3 Å². The molecule has 1 N–H and O–H groups in total. The maximum absolute atomic E-state index is 13.7. The maximum atomic E-state index is 13.7. The van der Waals surface area contributed by atoms with Gasteiger partial charge in [-0.1, -0.05) is 13.3 Å². The summed E-state index contributed by atoms with van der Waals surface area (Å²) in [5.74, 6) is -3.24. The van der Waals surface area contributed by atoms with Crippen LogP contribution in [0.15, 0.2) is 29.4 Å². The molecule has 0 saturated heterocycles. The first-order chi connectivity index (χ1) is 11.2. The first kappa shape index (κ1) is 16.9. The van der Waals surface area contributed by atoms with Crippen LogP contribution in [0.5, 0.6) is 0 Å². The second-order valence-corrected chi connectivity index (χ2v) is 6.26. The van der Waals surface area contributed by atoms with Crippen molar-refractivity contribution in [2.45, 2.75) is 38.1 Å². The number of carbonyl (C=O) groups excluding carboxylic acids is 1. The lowest BCUT2D eigenvalue weighted by Gasteiger charge is -2.39. The predicted molar refractivity (Wildman–Crippen MR) is 77.5 cm³/mol. The largest absolute Gasteiger partial charge is 0.439 e. The summed E-state index contributed by atoms with van der Waals surface area (Å²) in [6.07, 6.45) is -3.79. The second kappa shape index (κ2) is 5.54. The Bertz CT molecular complexity index is 686. The summed E-state index contributed by atoms with van der Waals surface area (Å²) in [7, 11) is 0. The van der Waals surface area contributed by atoms with Crippen molar-refractivity contribution in [3.8, 4) is 0 Å². The van der Waals surface area contributed by atoms with Gasteiger partial charge < -0.3 is 5.11 Å². The Morgan fingerprint density at radius 2 is 1.92 bits per heavy atom. The molecule has 1 aliphatic carbocycles. The fourth-order valence-electron chi connectivity index (χ4n) is 3.42. The predicted octanol–water partition coefficient (Wildman–Crippen LogP) is 3.32. The molecule has 1 aromatic rings. The Labute approximate surface area is 135 Å². The summed E-state index contributed by atoms with van der Waals surface area (Å²) < 4.78 is 53.9. The molecule has 1 amide bonds. The molecule has 1 fully saturated rings. The number of hydrogen-bond donors (Lipinski definition) is 1. The average Bonchev–Trinajstić information content (AvgIpc) is 2.83. The molecule has 130 valence electrons. The zero-order valence-electron chi connectivity index (χ0n) is 12.8. The number of nitrogens with zero attached hydrogens (tertiary/aromatic N) is 2.